The first-order chi connectivity index (χ1) is 17.4. The van der Waals surface area contributed by atoms with Crippen molar-refractivity contribution in [3.63, 3.8) is 0 Å². The molecule has 0 radical (unpaired) electrons. The van der Waals surface area contributed by atoms with Gasteiger partial charge in [-0.25, -0.2) is 4.79 Å². The maximum atomic E-state index is 12.4. The van der Waals surface area contributed by atoms with Crippen LogP contribution in [0, 0.1) is 34.5 Å². The van der Waals surface area contributed by atoms with Gasteiger partial charge in [-0.2, -0.15) is 0 Å². The van der Waals surface area contributed by atoms with Crippen molar-refractivity contribution in [1.82, 2.24) is 5.32 Å². The lowest BCUT2D eigenvalue weighted by Crippen LogP contribution is -2.57. The number of oxime groups is 1. The van der Waals surface area contributed by atoms with E-state index in [0.29, 0.717) is 30.6 Å². The van der Waals surface area contributed by atoms with Gasteiger partial charge in [-0.15, -0.1) is 0 Å². The van der Waals surface area contributed by atoms with Crippen molar-refractivity contribution in [2.45, 2.75) is 104 Å². The average molecular weight is 517 g/mol. The molecule has 3 saturated carbocycles. The van der Waals surface area contributed by atoms with E-state index in [4.69, 9.17) is 4.84 Å². The van der Waals surface area contributed by atoms with E-state index in [2.05, 4.69) is 30.4 Å². The SMILES string of the molecule is CC[C@H](C)[C@@H](NC(=O)CON=C1C=C2CC[C@@H]3[C@H](CC[C@@]4(C)[C@H]3CC[C@]4(O)C(C)=O)[C@@]2(C)CC1)C(=O)O. The molecular formula is C29H44N2O6. The Morgan fingerprint density at radius 1 is 1.14 bits per heavy atom. The van der Waals surface area contributed by atoms with Gasteiger partial charge in [-0.3, -0.25) is 9.59 Å². The topological polar surface area (TPSA) is 125 Å². The number of hydrogen-bond acceptors (Lipinski definition) is 6. The number of aliphatic hydroxyl groups is 1. The van der Waals surface area contributed by atoms with E-state index in [1.165, 1.54) is 5.57 Å². The van der Waals surface area contributed by atoms with Gasteiger partial charge in [0.1, 0.15) is 11.6 Å². The average Bonchev–Trinajstić information content (AvgIpc) is 3.14. The first-order valence-corrected chi connectivity index (χ1v) is 14.0. The third-order valence-corrected chi connectivity index (χ3v) is 10.9. The van der Waals surface area contributed by atoms with Gasteiger partial charge in [0.25, 0.3) is 5.91 Å². The van der Waals surface area contributed by atoms with Gasteiger partial charge in [-0.1, -0.05) is 44.8 Å². The molecule has 0 heterocycles. The van der Waals surface area contributed by atoms with Crippen LogP contribution in [-0.4, -0.2) is 51.8 Å². The zero-order valence-electron chi connectivity index (χ0n) is 23.0. The van der Waals surface area contributed by atoms with E-state index in [-0.39, 0.29) is 29.1 Å². The number of carbonyl (C=O) groups excluding carboxylic acids is 2. The Kier molecular flexibility index (Phi) is 7.63. The van der Waals surface area contributed by atoms with E-state index in [0.717, 1.165) is 50.7 Å². The fourth-order valence-corrected chi connectivity index (χ4v) is 8.31. The van der Waals surface area contributed by atoms with Crippen molar-refractivity contribution in [1.29, 1.82) is 0 Å². The van der Waals surface area contributed by atoms with E-state index < -0.39 is 23.5 Å². The van der Waals surface area contributed by atoms with Gasteiger partial charge in [0, 0.05) is 5.41 Å². The van der Waals surface area contributed by atoms with Gasteiger partial charge in [0.2, 0.25) is 0 Å². The van der Waals surface area contributed by atoms with Crippen LogP contribution >= 0.6 is 0 Å². The molecule has 3 fully saturated rings. The summed E-state index contributed by atoms with van der Waals surface area (Å²) in [6.45, 7) is 9.44. The lowest BCUT2D eigenvalue weighted by molar-refractivity contribution is -0.159. The van der Waals surface area contributed by atoms with Gasteiger partial charge in [0.05, 0.1) is 5.71 Å². The van der Waals surface area contributed by atoms with Crippen LogP contribution in [0.2, 0.25) is 0 Å². The van der Waals surface area contributed by atoms with Gasteiger partial charge < -0.3 is 20.4 Å². The number of fused-ring (bicyclic) bond motifs is 5. The number of nitrogens with zero attached hydrogens (tertiary/aromatic N) is 1. The van der Waals surface area contributed by atoms with Crippen LogP contribution in [0.25, 0.3) is 0 Å². The number of amides is 1. The standard InChI is InChI=1S/C29H44N2O6/c1-6-17(2)25(26(34)35)30-24(33)16-37-31-20-9-12-27(4)19(15-20)7-8-21-22(27)10-13-28(5)23(21)11-14-29(28,36)18(3)32/h15,17,21-23,25,36H,6-14,16H2,1-5H3,(H,30,33)(H,34,35)/t17-,21+,22-,23-,25+,27-,28-,29-/m0/s1. The minimum atomic E-state index is -1.19. The highest BCUT2D eigenvalue weighted by atomic mass is 16.6. The maximum Gasteiger partial charge on any atom is 0.326 e. The van der Waals surface area contributed by atoms with Crippen molar-refractivity contribution in [3.8, 4) is 0 Å². The second kappa shape index (κ2) is 10.2. The number of allylic oxidation sites excluding steroid dienone is 2. The Balaban J connectivity index is 1.41. The molecule has 0 aromatic rings. The summed E-state index contributed by atoms with van der Waals surface area (Å²) < 4.78 is 0. The number of nitrogens with one attached hydrogen (secondary N) is 1. The fourth-order valence-electron chi connectivity index (χ4n) is 8.31. The molecule has 0 saturated heterocycles. The van der Waals surface area contributed by atoms with Crippen molar-refractivity contribution >= 4 is 23.4 Å². The van der Waals surface area contributed by atoms with E-state index in [9.17, 15) is 24.6 Å². The van der Waals surface area contributed by atoms with E-state index >= 15 is 0 Å². The molecule has 4 rings (SSSR count). The molecule has 8 heteroatoms. The predicted molar refractivity (Wildman–Crippen MR) is 140 cm³/mol. The van der Waals surface area contributed by atoms with Crippen LogP contribution < -0.4 is 5.32 Å². The number of ketones is 1. The molecule has 37 heavy (non-hydrogen) atoms. The molecule has 0 aromatic heterocycles. The lowest BCUT2D eigenvalue weighted by Gasteiger charge is -2.59. The van der Waals surface area contributed by atoms with Gasteiger partial charge in [-0.05, 0) is 93.5 Å². The predicted octanol–water partition coefficient (Wildman–Crippen LogP) is 4.26. The smallest absolute Gasteiger partial charge is 0.326 e. The summed E-state index contributed by atoms with van der Waals surface area (Å²) in [7, 11) is 0. The monoisotopic (exact) mass is 516 g/mol. The molecule has 0 unspecified atom stereocenters. The van der Waals surface area contributed by atoms with Crippen molar-refractivity contribution in [2.75, 3.05) is 6.61 Å². The number of hydrogen-bond donors (Lipinski definition) is 3. The molecule has 3 N–H and O–H groups in total. The van der Waals surface area contributed by atoms with Crippen molar-refractivity contribution in [2.24, 2.45) is 39.7 Å². The Hall–Kier alpha value is -2.22. The number of carboxylic acid groups (broad SMARTS) is 1. The summed E-state index contributed by atoms with van der Waals surface area (Å²) >= 11 is 0. The normalized spacial score (nSPS) is 39.5. The third kappa shape index (κ3) is 4.64. The second-order valence-corrected chi connectivity index (χ2v) is 12.5. The van der Waals surface area contributed by atoms with Crippen LogP contribution in [0.1, 0.15) is 92.4 Å². The zero-order chi connectivity index (χ0) is 27.2. The number of rotatable bonds is 8. The first-order valence-electron chi connectivity index (χ1n) is 14.0. The highest BCUT2D eigenvalue weighted by Crippen LogP contribution is 2.67. The lowest BCUT2D eigenvalue weighted by atomic mass is 9.46. The first kappa shape index (κ1) is 27.8. The highest BCUT2D eigenvalue weighted by molar-refractivity contribution is 5.96. The summed E-state index contributed by atoms with van der Waals surface area (Å²) in [6, 6.07) is -0.940. The molecule has 0 aromatic carbocycles. The second-order valence-electron chi connectivity index (χ2n) is 12.5. The quantitative estimate of drug-likeness (QED) is 0.414. The third-order valence-electron chi connectivity index (χ3n) is 10.9. The molecule has 1 amide bonds. The Morgan fingerprint density at radius 3 is 2.49 bits per heavy atom. The van der Waals surface area contributed by atoms with Crippen molar-refractivity contribution < 1.29 is 29.4 Å². The Labute approximate surface area is 220 Å². The summed E-state index contributed by atoms with van der Waals surface area (Å²) in [5.74, 6) is -0.376. The Morgan fingerprint density at radius 2 is 1.84 bits per heavy atom. The fraction of sp³-hybridized carbons (Fsp3) is 0.793. The largest absolute Gasteiger partial charge is 0.480 e. The minimum absolute atomic E-state index is 0.0720. The molecule has 4 aliphatic rings. The van der Waals surface area contributed by atoms with Crippen LogP contribution in [0.3, 0.4) is 0 Å². The van der Waals surface area contributed by atoms with E-state index in [1.807, 2.05) is 6.92 Å². The molecular weight excluding hydrogens is 472 g/mol. The molecule has 0 bridgehead atoms. The van der Waals surface area contributed by atoms with Crippen LogP contribution in [0.15, 0.2) is 16.8 Å². The summed E-state index contributed by atoms with van der Waals surface area (Å²) in [5.41, 5.74) is 0.764. The molecule has 206 valence electrons. The number of carbonyl (C=O) groups is 3. The summed E-state index contributed by atoms with van der Waals surface area (Å²) in [5, 5.41) is 27.5. The molecule has 0 aliphatic heterocycles. The number of Topliss-reactive ketones (excluding diaryl/α,β-unsaturated/α-hetero) is 1. The number of aliphatic carboxylic acids is 1. The molecule has 0 spiro atoms. The summed E-state index contributed by atoms with van der Waals surface area (Å²) in [4.78, 5) is 41.5. The molecule has 8 nitrogen and oxygen atoms in total. The van der Waals surface area contributed by atoms with Crippen LogP contribution in [0.5, 0.6) is 0 Å². The molecule has 8 atom stereocenters. The Bertz CT molecular complexity index is 1010. The summed E-state index contributed by atoms with van der Waals surface area (Å²) in [6.07, 6.45) is 9.94. The van der Waals surface area contributed by atoms with Crippen molar-refractivity contribution in [3.05, 3.63) is 11.6 Å². The molecule has 4 aliphatic carbocycles. The highest BCUT2D eigenvalue weighted by Gasteiger charge is 2.65. The maximum absolute atomic E-state index is 12.4. The van der Waals surface area contributed by atoms with Crippen LogP contribution in [0.4, 0.5) is 0 Å². The zero-order valence-corrected chi connectivity index (χ0v) is 23.0. The van der Waals surface area contributed by atoms with Gasteiger partial charge in [0.15, 0.2) is 12.4 Å². The van der Waals surface area contributed by atoms with Gasteiger partial charge >= 0.3 is 5.97 Å². The van der Waals surface area contributed by atoms with E-state index in [1.54, 1.807) is 13.8 Å². The minimum Gasteiger partial charge on any atom is -0.480 e. The number of carboxylic acids is 1. The van der Waals surface area contributed by atoms with Crippen LogP contribution in [-0.2, 0) is 19.2 Å².